The summed E-state index contributed by atoms with van der Waals surface area (Å²) in [7, 11) is 2.52. The monoisotopic (exact) mass is 321 g/mol. The minimum absolute atomic E-state index is 0. The minimum Gasteiger partial charge on any atom is -0.618 e. The quantitative estimate of drug-likeness (QED) is 0.169. The van der Waals surface area contributed by atoms with Gasteiger partial charge in [0.2, 0.25) is 0 Å². The summed E-state index contributed by atoms with van der Waals surface area (Å²) in [5.41, 5.74) is 0. The first kappa shape index (κ1) is 19.4. The van der Waals surface area contributed by atoms with Crippen molar-refractivity contribution in [3.05, 3.63) is 74.5 Å². The zero-order valence-corrected chi connectivity index (χ0v) is 12.5. The molecule has 2 aromatic heterocycles. The maximum atomic E-state index is 11.3. The molecule has 0 fully saturated rings. The first-order valence-corrected chi connectivity index (χ1v) is 7.18. The van der Waals surface area contributed by atoms with E-state index in [0.29, 0.717) is 10.1 Å². The van der Waals surface area contributed by atoms with E-state index >= 15 is 0 Å². The van der Waals surface area contributed by atoms with Gasteiger partial charge in [0.25, 0.3) is 10.1 Å². The number of aromatic nitrogens is 2. The van der Waals surface area contributed by atoms with E-state index in [1.807, 2.05) is 0 Å². The minimum atomic E-state index is -1.75. The summed E-state index contributed by atoms with van der Waals surface area (Å²) in [5.74, 6) is 0. The van der Waals surface area contributed by atoms with Crippen molar-refractivity contribution in [1.82, 2.24) is 0 Å². The topological polar surface area (TPSA) is 120 Å². The fraction of sp³-hybridized carbons (Fsp3) is 0. The number of rotatable bonds is 3. The molecule has 0 bridgehead atoms. The predicted molar refractivity (Wildman–Crippen MR) is 72.9 cm³/mol. The number of nitrogens with zero attached hydrogens (tertiary/aromatic N) is 3. The van der Waals surface area contributed by atoms with Crippen LogP contribution >= 0.6 is 21.6 Å². The third kappa shape index (κ3) is 7.67. The second-order valence-corrected chi connectivity index (χ2v) is 5.29. The molecular weight excluding hydrogens is 313 g/mol. The fourth-order valence-electron chi connectivity index (χ4n) is 1.04. The van der Waals surface area contributed by atoms with Gasteiger partial charge in [-0.3, -0.25) is 0 Å². The zero-order valence-electron chi connectivity index (χ0n) is 10.8. The van der Waals surface area contributed by atoms with Gasteiger partial charge in [-0.1, -0.05) is 0 Å². The Balaban J connectivity index is 0.000000715. The van der Waals surface area contributed by atoms with E-state index in [-0.39, 0.29) is 18.9 Å². The van der Waals surface area contributed by atoms with Gasteiger partial charge < -0.3 is 25.7 Å². The standard InChI is InChI=1S/C10H8N2O2S2.Li.NO3/c13-11-7-3-1-5-9(11)15-16-10-6-2-4-8-12(10)14;;2-1(3)4/h1-8H;;/q;+1;-1. The van der Waals surface area contributed by atoms with Crippen LogP contribution in [0.1, 0.15) is 0 Å². The maximum Gasteiger partial charge on any atom is 1.00 e. The van der Waals surface area contributed by atoms with Crippen LogP contribution in [-0.4, -0.2) is 5.09 Å². The molecule has 0 saturated carbocycles. The Labute approximate surface area is 139 Å². The summed E-state index contributed by atoms with van der Waals surface area (Å²) in [4.78, 5) is 8.25. The van der Waals surface area contributed by atoms with Gasteiger partial charge in [-0.05, 0) is 12.1 Å². The van der Waals surface area contributed by atoms with Gasteiger partial charge in [0.05, 0.1) is 5.09 Å². The van der Waals surface area contributed by atoms with Gasteiger partial charge in [0.15, 0.2) is 12.4 Å². The molecule has 11 heteroatoms. The molecule has 2 aromatic rings. The van der Waals surface area contributed by atoms with Crippen molar-refractivity contribution in [3.8, 4) is 0 Å². The van der Waals surface area contributed by atoms with Crippen LogP contribution in [0.5, 0.6) is 0 Å². The average Bonchev–Trinajstić information content (AvgIpc) is 2.39. The van der Waals surface area contributed by atoms with Crippen LogP contribution in [0, 0.1) is 25.7 Å². The molecule has 0 radical (unpaired) electrons. The smallest absolute Gasteiger partial charge is 0.618 e. The van der Waals surface area contributed by atoms with Gasteiger partial charge in [-0.2, -0.15) is 9.46 Å². The van der Waals surface area contributed by atoms with E-state index in [0.717, 1.165) is 9.46 Å². The van der Waals surface area contributed by atoms with Crippen LogP contribution in [-0.2, 0) is 0 Å². The third-order valence-corrected chi connectivity index (χ3v) is 4.12. The molecule has 0 unspecified atom stereocenters. The Morgan fingerprint density at radius 1 is 0.857 bits per heavy atom. The largest absolute Gasteiger partial charge is 1.00 e. The van der Waals surface area contributed by atoms with E-state index in [2.05, 4.69) is 0 Å². The second kappa shape index (κ2) is 10.2. The van der Waals surface area contributed by atoms with Crippen molar-refractivity contribution in [2.24, 2.45) is 0 Å². The second-order valence-electron chi connectivity index (χ2n) is 3.12. The summed E-state index contributed by atoms with van der Waals surface area (Å²) in [6, 6.07) is 10.3. The Kier molecular flexibility index (Phi) is 9.40. The van der Waals surface area contributed by atoms with Crippen molar-refractivity contribution in [2.75, 3.05) is 0 Å². The molecule has 21 heavy (non-hydrogen) atoms. The van der Waals surface area contributed by atoms with Gasteiger partial charge in [0, 0.05) is 45.9 Å². The summed E-state index contributed by atoms with van der Waals surface area (Å²) >= 11 is 0. The summed E-state index contributed by atoms with van der Waals surface area (Å²) < 4.78 is 1.55. The molecule has 0 saturated heterocycles. The molecule has 2 rings (SSSR count). The third-order valence-electron chi connectivity index (χ3n) is 1.79. The van der Waals surface area contributed by atoms with Crippen LogP contribution in [0.15, 0.2) is 58.8 Å². The molecule has 0 spiro atoms. The van der Waals surface area contributed by atoms with Crippen molar-refractivity contribution >= 4 is 21.6 Å². The summed E-state index contributed by atoms with van der Waals surface area (Å²) in [6.07, 6.45) is 2.86. The molecule has 8 nitrogen and oxygen atoms in total. The van der Waals surface area contributed by atoms with Crippen LogP contribution < -0.4 is 28.3 Å². The molecule has 0 amide bonds. The summed E-state index contributed by atoms with van der Waals surface area (Å²) in [6.45, 7) is 0. The van der Waals surface area contributed by atoms with Gasteiger partial charge in [0.1, 0.15) is 0 Å². The maximum absolute atomic E-state index is 11.3. The van der Waals surface area contributed by atoms with Gasteiger partial charge in [-0.15, -0.1) is 0 Å². The van der Waals surface area contributed by atoms with Crippen LogP contribution in [0.25, 0.3) is 0 Å². The molecule has 0 aliphatic carbocycles. The van der Waals surface area contributed by atoms with Crippen molar-refractivity contribution in [1.29, 1.82) is 0 Å². The predicted octanol–water partition coefficient (Wildman–Crippen LogP) is -1.48. The van der Waals surface area contributed by atoms with E-state index < -0.39 is 5.09 Å². The molecule has 106 valence electrons. The molecule has 0 aromatic carbocycles. The Morgan fingerprint density at radius 3 is 1.48 bits per heavy atom. The van der Waals surface area contributed by atoms with Crippen molar-refractivity contribution < 1.29 is 33.4 Å². The van der Waals surface area contributed by atoms with Crippen LogP contribution in [0.3, 0.4) is 0 Å². The first-order chi connectivity index (χ1) is 9.50. The van der Waals surface area contributed by atoms with E-state index in [9.17, 15) is 10.4 Å². The Hall–Kier alpha value is -1.60. The molecule has 0 aliphatic rings. The Morgan fingerprint density at radius 2 is 1.19 bits per heavy atom. The first-order valence-electron chi connectivity index (χ1n) is 5.03. The van der Waals surface area contributed by atoms with Crippen molar-refractivity contribution in [2.45, 2.75) is 10.1 Å². The van der Waals surface area contributed by atoms with Gasteiger partial charge >= 0.3 is 18.9 Å². The number of hydrogen-bond acceptors (Lipinski definition) is 7. The number of hydrogen-bond donors (Lipinski definition) is 0. The SMILES string of the molecule is O=[N+]([O-])[O-].[Li+].[O-][n+]1ccccc1SSc1cccc[n+]1[O-]. The Bertz CT molecular complexity index is 541. The fourth-order valence-corrected chi connectivity index (χ4v) is 3.03. The van der Waals surface area contributed by atoms with E-state index in [4.69, 9.17) is 15.3 Å². The average molecular weight is 321 g/mol. The van der Waals surface area contributed by atoms with Crippen molar-refractivity contribution in [3.63, 3.8) is 0 Å². The molecular formula is C10H8LiN3O5S2. The van der Waals surface area contributed by atoms with E-state index in [1.165, 1.54) is 34.0 Å². The molecule has 0 atom stereocenters. The van der Waals surface area contributed by atoms with Crippen LogP contribution in [0.4, 0.5) is 0 Å². The molecule has 0 aliphatic heterocycles. The van der Waals surface area contributed by atoms with Crippen LogP contribution in [0.2, 0.25) is 0 Å². The molecule has 2 heterocycles. The normalized spacial score (nSPS) is 8.95. The zero-order chi connectivity index (χ0) is 15.0. The number of pyridine rings is 2. The summed E-state index contributed by atoms with van der Waals surface area (Å²) in [5, 5.41) is 38.5. The van der Waals surface area contributed by atoms with Gasteiger partial charge in [-0.25, -0.2) is 0 Å². The van der Waals surface area contributed by atoms with E-state index in [1.54, 1.807) is 36.4 Å². The molecule has 0 N–H and O–H groups in total.